The normalized spacial score (nSPS) is 17.5. The number of rotatable bonds is 6. The van der Waals surface area contributed by atoms with Gasteiger partial charge in [-0.25, -0.2) is 0 Å². The zero-order chi connectivity index (χ0) is 24.1. The summed E-state index contributed by atoms with van der Waals surface area (Å²) in [6, 6.07) is 7.40. The Balaban J connectivity index is 1.60. The molecule has 2 aromatic rings. The molecule has 0 bridgehead atoms. The van der Waals surface area contributed by atoms with Crippen LogP contribution in [0.1, 0.15) is 36.7 Å². The van der Waals surface area contributed by atoms with Crippen molar-refractivity contribution >= 4 is 40.7 Å². The third-order valence-corrected chi connectivity index (χ3v) is 5.83. The molecule has 2 amide bonds. The fraction of sp³-hybridized carbons (Fsp3) is 0.417. The van der Waals surface area contributed by atoms with Gasteiger partial charge in [-0.05, 0) is 31.9 Å². The van der Waals surface area contributed by atoms with E-state index in [1.807, 2.05) is 22.8 Å². The van der Waals surface area contributed by atoms with Crippen molar-refractivity contribution in [1.82, 2.24) is 14.9 Å². The van der Waals surface area contributed by atoms with Crippen LogP contribution in [0.5, 0.6) is 0 Å². The second-order valence-electron chi connectivity index (χ2n) is 8.32. The number of nitrogens with one attached hydrogen (secondary N) is 3. The number of para-hydroxylation sites is 2. The first kappa shape index (κ1) is 23.3. The Kier molecular flexibility index (Phi) is 7.13. The number of carbonyl (C=O) groups is 2. The minimum Gasteiger partial charge on any atom is -0.371 e. The van der Waals surface area contributed by atoms with E-state index in [1.54, 1.807) is 20.0 Å². The van der Waals surface area contributed by atoms with E-state index in [0.717, 1.165) is 19.4 Å². The van der Waals surface area contributed by atoms with Gasteiger partial charge in [-0.15, -0.1) is 5.92 Å². The number of aliphatic imine (C=N–C) groups is 1. The number of aromatic nitrogens is 2. The van der Waals surface area contributed by atoms with Gasteiger partial charge >= 0.3 is 0 Å². The predicted octanol–water partition coefficient (Wildman–Crippen LogP) is 1.72. The number of benzene rings is 1. The molecule has 3 heterocycles. The van der Waals surface area contributed by atoms with Crippen molar-refractivity contribution in [1.29, 1.82) is 0 Å². The highest BCUT2D eigenvalue weighted by Gasteiger charge is 2.28. The Bertz CT molecular complexity index is 1170. The van der Waals surface area contributed by atoms with Crippen LogP contribution in [0.4, 0.5) is 23.1 Å². The lowest BCUT2D eigenvalue weighted by Gasteiger charge is -2.31. The number of carbonyl (C=O) groups excluding carboxylic acids is 2. The Morgan fingerprint density at radius 2 is 2.18 bits per heavy atom. The van der Waals surface area contributed by atoms with E-state index in [1.165, 1.54) is 0 Å². The summed E-state index contributed by atoms with van der Waals surface area (Å²) < 4.78 is 1.83. The van der Waals surface area contributed by atoms with Crippen LogP contribution in [-0.2, 0) is 11.3 Å². The minimum atomic E-state index is -0.317. The predicted molar refractivity (Wildman–Crippen MR) is 134 cm³/mol. The number of nitrogens with zero attached hydrogens (tertiary/aromatic N) is 4. The van der Waals surface area contributed by atoms with Crippen LogP contribution < -0.4 is 26.6 Å². The lowest BCUT2D eigenvalue weighted by Crippen LogP contribution is -2.44. The maximum Gasteiger partial charge on any atom is 0.272 e. The molecule has 1 atom stereocenters. The van der Waals surface area contributed by atoms with Crippen LogP contribution in [-0.4, -0.2) is 59.8 Å². The molecule has 2 aliphatic heterocycles. The SMILES string of the molecule is CC#CCn1c(N2CCCC(N)C2)nc(NC)c1C(=O)NCC1=Nc2ccccc2NC(=O)C1. The van der Waals surface area contributed by atoms with Crippen molar-refractivity contribution in [2.75, 3.05) is 42.2 Å². The summed E-state index contributed by atoms with van der Waals surface area (Å²) in [4.78, 5) is 37.1. The number of anilines is 3. The zero-order valence-electron chi connectivity index (χ0n) is 19.5. The second-order valence-corrected chi connectivity index (χ2v) is 8.32. The average Bonchev–Trinajstić information content (AvgIpc) is 3.11. The fourth-order valence-corrected chi connectivity index (χ4v) is 4.22. The lowest BCUT2D eigenvalue weighted by atomic mass is 10.1. The van der Waals surface area contributed by atoms with Gasteiger partial charge in [-0.2, -0.15) is 4.98 Å². The molecule has 10 heteroatoms. The van der Waals surface area contributed by atoms with Crippen LogP contribution in [0.2, 0.25) is 0 Å². The molecule has 178 valence electrons. The number of hydrogen-bond donors (Lipinski definition) is 4. The van der Waals surface area contributed by atoms with Gasteiger partial charge in [0.15, 0.2) is 11.5 Å². The number of hydrogen-bond acceptors (Lipinski definition) is 7. The molecular weight excluding hydrogens is 432 g/mol. The molecule has 1 saturated heterocycles. The van der Waals surface area contributed by atoms with Crippen LogP contribution in [0.3, 0.4) is 0 Å². The topological polar surface area (TPSA) is 130 Å². The summed E-state index contributed by atoms with van der Waals surface area (Å²) in [6.45, 7) is 3.72. The van der Waals surface area contributed by atoms with Gasteiger partial charge in [0, 0.05) is 31.9 Å². The molecular formula is C24H30N8O2. The summed E-state index contributed by atoms with van der Waals surface area (Å²) in [5.41, 5.74) is 8.48. The van der Waals surface area contributed by atoms with Crippen molar-refractivity contribution in [3.05, 3.63) is 30.0 Å². The standard InChI is InChI=1S/C24H30N8O2/c1-3-4-12-32-21(22(26-2)30-24(32)31-11-7-8-16(25)15-31)23(34)27-14-17-13-20(33)29-19-10-6-5-9-18(19)28-17/h5-6,9-10,16,26H,7-8,11-15,25H2,1-2H3,(H,27,34)(H,29,33). The molecule has 1 fully saturated rings. The zero-order valence-corrected chi connectivity index (χ0v) is 19.5. The molecule has 0 radical (unpaired) electrons. The highest BCUT2D eigenvalue weighted by molar-refractivity contribution is 6.12. The highest BCUT2D eigenvalue weighted by atomic mass is 16.2. The first-order chi connectivity index (χ1) is 16.5. The van der Waals surface area contributed by atoms with Gasteiger partial charge in [0.1, 0.15) is 0 Å². The number of fused-ring (bicyclic) bond motifs is 1. The summed E-state index contributed by atoms with van der Waals surface area (Å²) in [5, 5.41) is 8.81. The molecule has 10 nitrogen and oxygen atoms in total. The molecule has 34 heavy (non-hydrogen) atoms. The van der Waals surface area contributed by atoms with Gasteiger partial charge in [-0.1, -0.05) is 18.1 Å². The monoisotopic (exact) mass is 462 g/mol. The number of amides is 2. The van der Waals surface area contributed by atoms with Gasteiger partial charge in [0.05, 0.1) is 30.9 Å². The van der Waals surface area contributed by atoms with E-state index in [0.29, 0.717) is 47.6 Å². The number of imidazole rings is 1. The summed E-state index contributed by atoms with van der Waals surface area (Å²) in [6.07, 6.45) is 2.04. The lowest BCUT2D eigenvalue weighted by molar-refractivity contribution is -0.115. The van der Waals surface area contributed by atoms with Crippen molar-refractivity contribution in [3.8, 4) is 11.8 Å². The van der Waals surface area contributed by atoms with E-state index < -0.39 is 0 Å². The Morgan fingerprint density at radius 3 is 2.94 bits per heavy atom. The van der Waals surface area contributed by atoms with Crippen LogP contribution in [0.25, 0.3) is 0 Å². The molecule has 1 aromatic heterocycles. The van der Waals surface area contributed by atoms with Gasteiger partial charge in [-0.3, -0.25) is 19.1 Å². The first-order valence-corrected chi connectivity index (χ1v) is 11.4. The summed E-state index contributed by atoms with van der Waals surface area (Å²) in [5.74, 6) is 6.60. The van der Waals surface area contributed by atoms with E-state index >= 15 is 0 Å². The van der Waals surface area contributed by atoms with Crippen molar-refractivity contribution in [3.63, 3.8) is 0 Å². The van der Waals surface area contributed by atoms with E-state index in [4.69, 9.17) is 10.7 Å². The Morgan fingerprint density at radius 1 is 1.35 bits per heavy atom. The Labute approximate surface area is 199 Å². The summed E-state index contributed by atoms with van der Waals surface area (Å²) >= 11 is 0. The minimum absolute atomic E-state index is 0.0637. The maximum absolute atomic E-state index is 13.4. The molecule has 0 spiro atoms. The third kappa shape index (κ3) is 5.05. The summed E-state index contributed by atoms with van der Waals surface area (Å²) in [7, 11) is 1.73. The third-order valence-electron chi connectivity index (χ3n) is 5.83. The Hall–Kier alpha value is -3.84. The van der Waals surface area contributed by atoms with Crippen molar-refractivity contribution in [2.24, 2.45) is 10.7 Å². The van der Waals surface area contributed by atoms with E-state index in [2.05, 4.69) is 37.7 Å². The molecule has 5 N–H and O–H groups in total. The quantitative estimate of drug-likeness (QED) is 0.484. The van der Waals surface area contributed by atoms with Crippen LogP contribution >= 0.6 is 0 Å². The van der Waals surface area contributed by atoms with Gasteiger partial charge < -0.3 is 26.6 Å². The smallest absolute Gasteiger partial charge is 0.272 e. The first-order valence-electron chi connectivity index (χ1n) is 11.4. The van der Waals surface area contributed by atoms with Crippen LogP contribution in [0.15, 0.2) is 29.3 Å². The molecule has 4 rings (SSSR count). The average molecular weight is 463 g/mol. The molecule has 1 aromatic carbocycles. The van der Waals surface area contributed by atoms with Gasteiger partial charge in [0.2, 0.25) is 11.9 Å². The second kappa shape index (κ2) is 10.4. The van der Waals surface area contributed by atoms with Crippen molar-refractivity contribution in [2.45, 2.75) is 38.8 Å². The van der Waals surface area contributed by atoms with Gasteiger partial charge in [0.25, 0.3) is 5.91 Å². The van der Waals surface area contributed by atoms with E-state index in [9.17, 15) is 9.59 Å². The van der Waals surface area contributed by atoms with Crippen molar-refractivity contribution < 1.29 is 9.59 Å². The number of nitrogens with two attached hydrogens (primary N) is 1. The molecule has 1 unspecified atom stereocenters. The van der Waals surface area contributed by atoms with E-state index in [-0.39, 0.29) is 30.8 Å². The highest BCUT2D eigenvalue weighted by Crippen LogP contribution is 2.28. The molecule has 2 aliphatic rings. The molecule has 0 saturated carbocycles. The molecule has 0 aliphatic carbocycles. The largest absolute Gasteiger partial charge is 0.371 e. The fourth-order valence-electron chi connectivity index (χ4n) is 4.22. The van der Waals surface area contributed by atoms with Crippen LogP contribution in [0, 0.1) is 11.8 Å². The number of piperidine rings is 1. The maximum atomic E-state index is 13.4.